The molecule has 14 aromatic carbocycles. The molecular weight excluding hydrogens is 2210 g/mol. The molecule has 0 amide bonds. The van der Waals surface area contributed by atoms with E-state index < -0.39 is 0 Å². The van der Waals surface area contributed by atoms with E-state index >= 15 is 0 Å². The Morgan fingerprint density at radius 1 is 0.262 bits per heavy atom. The third-order valence-corrected chi connectivity index (χ3v) is 21.3. The van der Waals surface area contributed by atoms with E-state index in [4.69, 9.17) is 4.74 Å². The third kappa shape index (κ3) is 16.6. The van der Waals surface area contributed by atoms with Gasteiger partial charge in [0.1, 0.15) is 11.5 Å². The molecule has 0 aliphatic carbocycles. The quantitative estimate of drug-likeness (QED) is 0.106. The Morgan fingerprint density at radius 3 is 1.16 bits per heavy atom. The van der Waals surface area contributed by atoms with Crippen LogP contribution in [-0.4, -0.2) is 57.1 Å². The summed E-state index contributed by atoms with van der Waals surface area (Å²) in [5.41, 5.74) is 24.7. The maximum Gasteiger partial charge on any atom is 0.128 e. The van der Waals surface area contributed by atoms with E-state index in [1.807, 2.05) is 195 Å². The van der Waals surface area contributed by atoms with Crippen molar-refractivity contribution >= 4 is 65.5 Å². The zero-order valence-electron chi connectivity index (χ0n) is 66.6. The van der Waals surface area contributed by atoms with Crippen LogP contribution in [0, 0.1) is 52.0 Å². The van der Waals surface area contributed by atoms with Crippen LogP contribution < -0.4 is 4.74 Å². The van der Waals surface area contributed by atoms with Crippen LogP contribution in [0.5, 0.6) is 11.5 Å². The second kappa shape index (κ2) is 37.7. The predicted molar refractivity (Wildman–Crippen MR) is 478 cm³/mol. The van der Waals surface area contributed by atoms with Gasteiger partial charge in [-0.05, 0) is 182 Å². The van der Waals surface area contributed by atoms with Crippen molar-refractivity contribution in [1.82, 2.24) is 57.1 Å². The maximum atomic E-state index is 6.00. The normalized spacial score (nSPS) is 10.9. The van der Waals surface area contributed by atoms with E-state index in [0.29, 0.717) is 0 Å². The first-order chi connectivity index (χ1) is 58.2. The van der Waals surface area contributed by atoms with E-state index in [2.05, 4.69) is 303 Å². The SMILES string of the molecule is Cc1cc(-c2ccc3c(c2)c2ccccc2n3-c2ccccc2)cc(C)c1-n1ccnc1-c1[c-]cccc1.Cc1cc(Oc2ccccc2)cc(C)c1-n1ccnc1-c1[c-]cccc1.[Ir].[Ir].[Ir].[Ir].[c-]1ccccc1-c1nccn1-c1ccc2c(c1)c1ccccc1n2-c1ccccc1.[c-]1ccccc1-c1nccn1-n1c2ccccc2c2ncccc21. The van der Waals surface area contributed by atoms with Gasteiger partial charge in [-0.15, -0.1) is 144 Å². The zero-order chi connectivity index (χ0) is 79.4. The van der Waals surface area contributed by atoms with Crippen LogP contribution in [0.15, 0.2) is 389 Å². The third-order valence-electron chi connectivity index (χ3n) is 21.3. The molecule has 0 N–H and O–H groups in total. The summed E-state index contributed by atoms with van der Waals surface area (Å²) in [5, 5.41) is 6.12. The van der Waals surface area contributed by atoms with Gasteiger partial charge in [-0.1, -0.05) is 115 Å². The summed E-state index contributed by atoms with van der Waals surface area (Å²) in [6.45, 7) is 8.56. The van der Waals surface area contributed by atoms with Crippen molar-refractivity contribution in [3.05, 3.63) is 436 Å². The van der Waals surface area contributed by atoms with Gasteiger partial charge in [0, 0.05) is 192 Å². The number of aryl methyl sites for hydroxylation is 4. The number of benzene rings is 14. The van der Waals surface area contributed by atoms with E-state index in [1.165, 1.54) is 82.9 Å². The monoisotopic (exact) mass is 2290 g/mol. The summed E-state index contributed by atoms with van der Waals surface area (Å²) < 4.78 is 21.3. The molecule has 0 spiro atoms. The first-order valence-electron chi connectivity index (χ1n) is 39.3. The molecule has 13 nitrogen and oxygen atoms in total. The molecule has 0 atom stereocenters. The number of nitrogens with zero attached hydrogens (tertiary/aromatic N) is 12. The van der Waals surface area contributed by atoms with Gasteiger partial charge in [0.15, 0.2) is 0 Å². The summed E-state index contributed by atoms with van der Waals surface area (Å²) >= 11 is 0. The topological polar surface area (TPSA) is 108 Å². The molecule has 8 aromatic heterocycles. The van der Waals surface area contributed by atoms with Crippen LogP contribution in [-0.2, 0) is 80.4 Å². The first kappa shape index (κ1) is 83.9. The summed E-state index contributed by atoms with van der Waals surface area (Å²) in [6.07, 6.45) is 17.2. The molecule has 122 heavy (non-hydrogen) atoms. The number of rotatable bonds is 13. The minimum atomic E-state index is 0. The Labute approximate surface area is 761 Å². The Morgan fingerprint density at radius 2 is 0.656 bits per heavy atom. The Balaban J connectivity index is 0.000000127. The number of hydrogen-bond acceptors (Lipinski definition) is 6. The van der Waals surface area contributed by atoms with Gasteiger partial charge >= 0.3 is 0 Å². The molecule has 22 aromatic rings. The number of ether oxygens (including phenoxy) is 1. The number of imidazole rings is 4. The van der Waals surface area contributed by atoms with Crippen molar-refractivity contribution in [3.8, 4) is 96.6 Å². The maximum absolute atomic E-state index is 6.00. The summed E-state index contributed by atoms with van der Waals surface area (Å²) in [4.78, 5) is 22.9. The zero-order valence-corrected chi connectivity index (χ0v) is 76.1. The number of hydrogen-bond donors (Lipinski definition) is 0. The van der Waals surface area contributed by atoms with Gasteiger partial charge in [0.05, 0.1) is 61.9 Å². The van der Waals surface area contributed by atoms with Gasteiger partial charge in [-0.3, -0.25) is 34.3 Å². The van der Waals surface area contributed by atoms with Crippen molar-refractivity contribution in [2.45, 2.75) is 27.7 Å². The number of fused-ring (bicyclic) bond motifs is 9. The fourth-order valence-electron chi connectivity index (χ4n) is 16.3. The molecule has 602 valence electrons. The molecule has 4 radical (unpaired) electrons. The molecule has 0 saturated carbocycles. The van der Waals surface area contributed by atoms with Gasteiger partial charge < -0.3 is 27.6 Å². The van der Waals surface area contributed by atoms with Crippen LogP contribution >= 0.6 is 0 Å². The minimum absolute atomic E-state index is 0. The largest absolute Gasteiger partial charge is 0.457 e. The molecule has 22 rings (SSSR count). The van der Waals surface area contributed by atoms with Gasteiger partial charge in [-0.25, -0.2) is 0 Å². The van der Waals surface area contributed by atoms with E-state index in [1.54, 1.807) is 0 Å². The summed E-state index contributed by atoms with van der Waals surface area (Å²) in [5.74, 6) is 5.20. The van der Waals surface area contributed by atoms with Crippen molar-refractivity contribution in [1.29, 1.82) is 0 Å². The molecule has 0 aliphatic rings. The summed E-state index contributed by atoms with van der Waals surface area (Å²) in [6, 6.07) is 128. The number of para-hydroxylation sites is 6. The van der Waals surface area contributed by atoms with Gasteiger partial charge in [-0.2, -0.15) is 0 Å². The Bertz CT molecular complexity index is 7230. The van der Waals surface area contributed by atoms with Crippen LogP contribution in [0.3, 0.4) is 0 Å². The average molecular weight is 2290 g/mol. The molecule has 8 heterocycles. The molecule has 0 fully saturated rings. The molecular formula is C105H76Ir4N12O-4. The fraction of sp³-hybridized carbons (Fsp3) is 0.0381. The standard InChI is InChI=1S/C35H26N3.C27H18N3.C23H19N2O.C20H13N4.4Ir/c1-24-21-28(22-25(2)34(24)37-20-19-36-35(37)26-11-5-3-6-12-26)27-17-18-33-31(23-27)30-15-9-10-16-32(30)38(33)29-13-7-4-8-14-29;1-3-9-20(10-4-1)27-28-17-18-29(27)22-15-16-26-24(19-22)23-13-7-8-14-25(23)30(26)21-11-5-2-6-12-21;1-17-15-21(26-20-11-7-4-8-12-20)16-18(2)22(17)25-14-13-24-23(25)19-9-5-3-6-10-19;1-2-7-15(8-3-1)20-22-13-14-23(20)24-17-10-5-4-9-16(17)19-18(24)11-6-12-21-19;;;;/h3-11,13-23H,1-2H3;1-9,11-19H;3-9,11-16H,1-2H3;1-7,9-14H;;;;/q4*-1;;;;. The van der Waals surface area contributed by atoms with E-state index in [0.717, 1.165) is 101 Å². The molecule has 0 bridgehead atoms. The van der Waals surface area contributed by atoms with Gasteiger partial charge in [0.2, 0.25) is 0 Å². The molecule has 17 heteroatoms. The van der Waals surface area contributed by atoms with Gasteiger partial charge in [0.25, 0.3) is 0 Å². The molecule has 0 unspecified atom stereocenters. The fourth-order valence-corrected chi connectivity index (χ4v) is 16.3. The Hall–Kier alpha value is -13.1. The second-order valence-corrected chi connectivity index (χ2v) is 28.9. The van der Waals surface area contributed by atoms with E-state index in [9.17, 15) is 0 Å². The van der Waals surface area contributed by atoms with Crippen molar-refractivity contribution in [2.24, 2.45) is 0 Å². The molecule has 0 aliphatic heterocycles. The average Bonchev–Trinajstić information content (AvgIpc) is 1.61. The first-order valence-corrected chi connectivity index (χ1v) is 39.3. The van der Waals surface area contributed by atoms with Crippen LogP contribution in [0.4, 0.5) is 0 Å². The Kier molecular flexibility index (Phi) is 25.9. The second-order valence-electron chi connectivity index (χ2n) is 28.9. The predicted octanol–water partition coefficient (Wildman–Crippen LogP) is 25.1. The summed E-state index contributed by atoms with van der Waals surface area (Å²) in [7, 11) is 0. The smallest absolute Gasteiger partial charge is 0.128 e. The number of aromatic nitrogens is 12. The van der Waals surface area contributed by atoms with Crippen molar-refractivity contribution in [3.63, 3.8) is 0 Å². The minimum Gasteiger partial charge on any atom is -0.457 e. The van der Waals surface area contributed by atoms with E-state index in [-0.39, 0.29) is 80.4 Å². The number of pyridine rings is 1. The van der Waals surface area contributed by atoms with Crippen LogP contribution in [0.25, 0.3) is 151 Å². The van der Waals surface area contributed by atoms with Crippen LogP contribution in [0.2, 0.25) is 0 Å². The molecule has 0 saturated heterocycles. The van der Waals surface area contributed by atoms with Crippen molar-refractivity contribution < 1.29 is 85.2 Å². The van der Waals surface area contributed by atoms with Crippen LogP contribution in [0.1, 0.15) is 22.3 Å². The van der Waals surface area contributed by atoms with Crippen molar-refractivity contribution in [2.75, 3.05) is 0 Å².